The van der Waals surface area contributed by atoms with Gasteiger partial charge in [0, 0.05) is 43.8 Å². The summed E-state index contributed by atoms with van der Waals surface area (Å²) in [6, 6.07) is 4.14. The molecule has 37 heavy (non-hydrogen) atoms. The molecule has 1 aliphatic heterocycles. The molecule has 0 bridgehead atoms. The van der Waals surface area contributed by atoms with Gasteiger partial charge in [0.15, 0.2) is 11.6 Å². The van der Waals surface area contributed by atoms with E-state index in [1.807, 2.05) is 0 Å². The number of nitrogens with zero attached hydrogens (tertiary/aromatic N) is 5. The van der Waals surface area contributed by atoms with E-state index in [2.05, 4.69) is 42.3 Å². The zero-order valence-electron chi connectivity index (χ0n) is 21.5. The number of hydrogen-bond acceptors (Lipinski definition) is 9. The molecule has 198 valence electrons. The van der Waals surface area contributed by atoms with Crippen LogP contribution in [0.5, 0.6) is 5.75 Å². The fourth-order valence-electron chi connectivity index (χ4n) is 5.00. The number of rotatable bonds is 8. The average molecular weight is 511 g/mol. The molecule has 2 N–H and O–H groups in total. The highest BCUT2D eigenvalue weighted by atomic mass is 19.1. The number of anilines is 2. The zero-order chi connectivity index (χ0) is 25.8. The second kappa shape index (κ2) is 11.1. The first-order chi connectivity index (χ1) is 17.9. The second-order valence-corrected chi connectivity index (χ2v) is 10.6. The maximum Gasteiger partial charge on any atom is 0.186 e. The molecule has 0 radical (unpaired) electrons. The van der Waals surface area contributed by atoms with Crippen molar-refractivity contribution in [1.29, 1.82) is 0 Å². The summed E-state index contributed by atoms with van der Waals surface area (Å²) < 4.78 is 27.0. The average Bonchev–Trinajstić information content (AvgIpc) is 2.90. The van der Waals surface area contributed by atoms with Gasteiger partial charge in [-0.3, -0.25) is 4.98 Å². The predicted octanol–water partition coefficient (Wildman–Crippen LogP) is 3.76. The molecule has 9 nitrogen and oxygen atoms in total. The van der Waals surface area contributed by atoms with E-state index in [1.54, 1.807) is 26.2 Å². The summed E-state index contributed by atoms with van der Waals surface area (Å²) in [4.78, 5) is 19.6. The lowest BCUT2D eigenvalue weighted by atomic mass is 9.84. The van der Waals surface area contributed by atoms with Crippen molar-refractivity contribution in [3.63, 3.8) is 0 Å². The van der Waals surface area contributed by atoms with Crippen molar-refractivity contribution in [1.82, 2.24) is 19.9 Å². The molecule has 1 aliphatic carbocycles. The van der Waals surface area contributed by atoms with Crippen LogP contribution in [-0.4, -0.2) is 69.6 Å². The van der Waals surface area contributed by atoms with E-state index in [9.17, 15) is 9.50 Å². The van der Waals surface area contributed by atoms with Crippen LogP contribution >= 0.6 is 0 Å². The Morgan fingerprint density at radius 1 is 1.08 bits per heavy atom. The molecule has 3 aromatic rings. The number of fused-ring (bicyclic) bond motifs is 1. The van der Waals surface area contributed by atoms with Crippen LogP contribution in [0, 0.1) is 11.7 Å². The molecule has 0 amide bonds. The molecule has 0 spiro atoms. The van der Waals surface area contributed by atoms with E-state index in [0.717, 1.165) is 61.2 Å². The number of benzene rings is 1. The highest BCUT2D eigenvalue weighted by Crippen LogP contribution is 2.35. The van der Waals surface area contributed by atoms with Gasteiger partial charge in [0.05, 0.1) is 36.1 Å². The third-order valence-electron chi connectivity index (χ3n) is 7.02. The lowest BCUT2D eigenvalue weighted by molar-refractivity contribution is 0.0943. The standard InChI is InChI=1S/C27H35FN6O3/c1-27(2,35)16-31-26-24(28)21(32-17-33-26)13-18-3-5-20(6-4-18)37-23-15-19(34-9-11-36-12-10-34)14-22-25(23)30-8-7-29-22/h7-8,14-15,17-18,20,35H,3-6,9-13,16H2,1-2H3,(H,31,32,33). The lowest BCUT2D eigenvalue weighted by Gasteiger charge is -2.31. The Labute approximate surface area is 216 Å². The van der Waals surface area contributed by atoms with Crippen LogP contribution < -0.4 is 15.0 Å². The molecule has 0 atom stereocenters. The first-order valence-corrected chi connectivity index (χ1v) is 13.1. The SMILES string of the molecule is CC(C)(O)CNc1ncnc(CC2CCC(Oc3cc(N4CCOCC4)cc4nccnc34)CC2)c1F. The predicted molar refractivity (Wildman–Crippen MR) is 139 cm³/mol. The normalized spacial score (nSPS) is 20.7. The Balaban J connectivity index is 1.22. The molecule has 1 saturated heterocycles. The number of aliphatic hydroxyl groups is 1. The van der Waals surface area contributed by atoms with E-state index >= 15 is 0 Å². The van der Waals surface area contributed by atoms with Gasteiger partial charge in [-0.1, -0.05) is 0 Å². The summed E-state index contributed by atoms with van der Waals surface area (Å²) in [6.07, 6.45) is 9.02. The van der Waals surface area contributed by atoms with Crippen LogP contribution in [0.4, 0.5) is 15.9 Å². The number of hydrogen-bond donors (Lipinski definition) is 2. The van der Waals surface area contributed by atoms with Crippen molar-refractivity contribution >= 4 is 22.5 Å². The van der Waals surface area contributed by atoms with Gasteiger partial charge in [0.1, 0.15) is 17.6 Å². The van der Waals surface area contributed by atoms with Crippen LogP contribution in [0.2, 0.25) is 0 Å². The number of aromatic nitrogens is 4. The third-order valence-corrected chi connectivity index (χ3v) is 7.02. The quantitative estimate of drug-likeness (QED) is 0.469. The summed E-state index contributed by atoms with van der Waals surface area (Å²) in [5, 5.41) is 12.8. The van der Waals surface area contributed by atoms with Crippen LogP contribution in [0.15, 0.2) is 30.9 Å². The monoisotopic (exact) mass is 510 g/mol. The van der Waals surface area contributed by atoms with Gasteiger partial charge >= 0.3 is 0 Å². The summed E-state index contributed by atoms with van der Waals surface area (Å²) in [5.74, 6) is 0.787. The van der Waals surface area contributed by atoms with E-state index in [0.29, 0.717) is 31.2 Å². The van der Waals surface area contributed by atoms with E-state index in [1.165, 1.54) is 6.33 Å². The topological polar surface area (TPSA) is 106 Å². The molecule has 1 saturated carbocycles. The Morgan fingerprint density at radius 3 is 2.59 bits per heavy atom. The van der Waals surface area contributed by atoms with Crippen LogP contribution in [-0.2, 0) is 11.2 Å². The zero-order valence-corrected chi connectivity index (χ0v) is 21.5. The minimum Gasteiger partial charge on any atom is -0.488 e. The summed E-state index contributed by atoms with van der Waals surface area (Å²) in [5.41, 5.74) is 2.12. The summed E-state index contributed by atoms with van der Waals surface area (Å²) in [6.45, 7) is 6.62. The lowest BCUT2D eigenvalue weighted by Crippen LogP contribution is -2.36. The third kappa shape index (κ3) is 6.42. The number of halogens is 1. The molecule has 3 heterocycles. The van der Waals surface area contributed by atoms with Gasteiger partial charge in [-0.25, -0.2) is 19.3 Å². The maximum absolute atomic E-state index is 15.0. The van der Waals surface area contributed by atoms with Crippen molar-refractivity contribution in [3.05, 3.63) is 42.4 Å². The van der Waals surface area contributed by atoms with Crippen LogP contribution in [0.25, 0.3) is 11.0 Å². The second-order valence-electron chi connectivity index (χ2n) is 10.6. The van der Waals surface area contributed by atoms with Crippen LogP contribution in [0.1, 0.15) is 45.2 Å². The van der Waals surface area contributed by atoms with Crippen molar-refractivity contribution in [3.8, 4) is 5.75 Å². The molecule has 1 aromatic carbocycles. The molecule has 0 unspecified atom stereocenters. The largest absolute Gasteiger partial charge is 0.488 e. The first kappa shape index (κ1) is 25.5. The molecular weight excluding hydrogens is 475 g/mol. The van der Waals surface area contributed by atoms with Gasteiger partial charge < -0.3 is 24.8 Å². The minimum absolute atomic E-state index is 0.0701. The molecule has 2 aliphatic rings. The smallest absolute Gasteiger partial charge is 0.186 e. The van der Waals surface area contributed by atoms with Gasteiger partial charge in [-0.2, -0.15) is 0 Å². The van der Waals surface area contributed by atoms with Crippen molar-refractivity contribution in [2.24, 2.45) is 5.92 Å². The summed E-state index contributed by atoms with van der Waals surface area (Å²) >= 11 is 0. The molecule has 5 rings (SSSR count). The molecule has 2 fully saturated rings. The van der Waals surface area contributed by atoms with Crippen molar-refractivity contribution in [2.45, 2.75) is 57.7 Å². The number of nitrogens with one attached hydrogen (secondary N) is 1. The van der Waals surface area contributed by atoms with Gasteiger partial charge in [0.2, 0.25) is 0 Å². The Bertz CT molecular complexity index is 1210. The van der Waals surface area contributed by atoms with Crippen LogP contribution in [0.3, 0.4) is 0 Å². The highest BCUT2D eigenvalue weighted by molar-refractivity contribution is 5.85. The van der Waals surface area contributed by atoms with Gasteiger partial charge in [0.25, 0.3) is 0 Å². The maximum atomic E-state index is 15.0. The van der Waals surface area contributed by atoms with Gasteiger partial charge in [-0.05, 0) is 57.9 Å². The Kier molecular flexibility index (Phi) is 7.66. The Morgan fingerprint density at radius 2 is 1.84 bits per heavy atom. The molecule has 2 aromatic heterocycles. The molecule has 10 heteroatoms. The minimum atomic E-state index is -0.964. The Hall–Kier alpha value is -3.11. The van der Waals surface area contributed by atoms with Crippen molar-refractivity contribution in [2.75, 3.05) is 43.1 Å². The highest BCUT2D eigenvalue weighted by Gasteiger charge is 2.26. The van der Waals surface area contributed by atoms with E-state index < -0.39 is 11.4 Å². The van der Waals surface area contributed by atoms with E-state index in [4.69, 9.17) is 9.47 Å². The number of morpholine rings is 1. The van der Waals surface area contributed by atoms with Gasteiger partial charge in [-0.15, -0.1) is 0 Å². The fraction of sp³-hybridized carbons (Fsp3) is 0.556. The molecular formula is C27H35FN6O3. The fourth-order valence-corrected chi connectivity index (χ4v) is 5.00. The number of ether oxygens (including phenoxy) is 2. The van der Waals surface area contributed by atoms with E-state index in [-0.39, 0.29) is 18.5 Å². The van der Waals surface area contributed by atoms with Crippen molar-refractivity contribution < 1.29 is 19.0 Å². The first-order valence-electron chi connectivity index (χ1n) is 13.1. The summed E-state index contributed by atoms with van der Waals surface area (Å²) in [7, 11) is 0.